The average molecular weight is 325 g/mol. The number of nitrogens with one attached hydrogen (secondary N) is 2. The van der Waals surface area contributed by atoms with Gasteiger partial charge in [-0.3, -0.25) is 9.89 Å². The number of nitrogens with zero attached hydrogens (tertiary/aromatic N) is 2. The van der Waals surface area contributed by atoms with Gasteiger partial charge in [0.05, 0.1) is 5.56 Å². The number of benzene rings is 1. The number of carbonyl (C=O) groups excluding carboxylic acids is 1. The summed E-state index contributed by atoms with van der Waals surface area (Å²) in [6.45, 7) is 1.87. The number of hydrogen-bond donors (Lipinski definition) is 3. The third-order valence-corrected chi connectivity index (χ3v) is 4.45. The molecule has 4 rings (SSSR count). The summed E-state index contributed by atoms with van der Waals surface area (Å²) in [5.74, 6) is -1.10. The number of nitrogens with two attached hydrogens (primary N) is 1. The zero-order chi connectivity index (χ0) is 17.1. The second-order valence-corrected chi connectivity index (χ2v) is 5.58. The number of aromatic nitrogens is 2. The van der Waals surface area contributed by atoms with Crippen LogP contribution in [0.1, 0.15) is 23.7 Å². The minimum Gasteiger partial charge on any atom is -0.420 e. The molecule has 2 aliphatic rings. The van der Waals surface area contributed by atoms with Gasteiger partial charge in [-0.15, -0.1) is 5.10 Å². The van der Waals surface area contributed by atoms with E-state index in [0.29, 0.717) is 28.9 Å². The van der Waals surface area contributed by atoms with Crippen LogP contribution < -0.4 is 15.8 Å². The number of carbonyl (C=O) groups is 1. The Labute approximate surface area is 135 Å². The van der Waals surface area contributed by atoms with Crippen LogP contribution in [0.2, 0.25) is 0 Å². The van der Waals surface area contributed by atoms with Crippen LogP contribution >= 0.6 is 0 Å². The molecule has 2 aliphatic heterocycles. The average Bonchev–Trinajstić information content (AvgIpc) is 3.08. The van der Waals surface area contributed by atoms with Gasteiger partial charge in [0.25, 0.3) is 0 Å². The van der Waals surface area contributed by atoms with Crippen molar-refractivity contribution in [2.75, 3.05) is 5.32 Å². The maximum Gasteiger partial charge on any atom is 0.245 e. The highest BCUT2D eigenvalue weighted by molar-refractivity contribution is 6.12. The van der Waals surface area contributed by atoms with Crippen LogP contribution in [-0.2, 0) is 16.6 Å². The number of rotatable bonds is 1. The Morgan fingerprint density at radius 2 is 2.29 bits per heavy atom. The minimum atomic E-state index is -1.57. The third-order valence-electron chi connectivity index (χ3n) is 4.45. The van der Waals surface area contributed by atoms with Crippen molar-refractivity contribution in [3.63, 3.8) is 0 Å². The molecule has 1 spiro atoms. The summed E-state index contributed by atoms with van der Waals surface area (Å²) in [6, 6.07) is 5.90. The first-order valence-corrected chi connectivity index (χ1v) is 7.31. The second kappa shape index (κ2) is 4.58. The number of halogens is 1. The highest BCUT2D eigenvalue weighted by atomic mass is 19.1. The fraction of sp³-hybridized carbons (Fsp3) is 0.188. The summed E-state index contributed by atoms with van der Waals surface area (Å²) in [4.78, 5) is 13.0. The molecule has 3 heterocycles. The molecular formula is C16H12FN5O2. The van der Waals surface area contributed by atoms with Gasteiger partial charge < -0.3 is 15.8 Å². The van der Waals surface area contributed by atoms with Crippen molar-refractivity contribution < 1.29 is 13.9 Å². The quantitative estimate of drug-likeness (QED) is 0.733. The number of fused-ring (bicyclic) bond motifs is 4. The van der Waals surface area contributed by atoms with E-state index in [2.05, 4.69) is 15.5 Å². The smallest absolute Gasteiger partial charge is 0.245 e. The van der Waals surface area contributed by atoms with E-state index < -0.39 is 17.1 Å². The van der Waals surface area contributed by atoms with Gasteiger partial charge in [-0.05, 0) is 24.6 Å². The normalized spacial score (nSPS) is 21.1. The summed E-state index contributed by atoms with van der Waals surface area (Å²) < 4.78 is 19.3. The van der Waals surface area contributed by atoms with E-state index in [1.807, 2.05) is 13.0 Å². The van der Waals surface area contributed by atoms with Crippen LogP contribution in [0.25, 0.3) is 0 Å². The van der Waals surface area contributed by atoms with Gasteiger partial charge in [0.1, 0.15) is 22.9 Å². The Morgan fingerprint density at radius 1 is 1.50 bits per heavy atom. The Bertz CT molecular complexity index is 971. The zero-order valence-electron chi connectivity index (χ0n) is 12.6. The molecule has 1 amide bonds. The Hall–Kier alpha value is -3.34. The number of aryl methyl sites for hydroxylation is 1. The first-order valence-electron chi connectivity index (χ1n) is 7.31. The highest BCUT2D eigenvalue weighted by Crippen LogP contribution is 2.53. The fourth-order valence-electron chi connectivity index (χ4n) is 3.45. The summed E-state index contributed by atoms with van der Waals surface area (Å²) in [5, 5.41) is 19.2. The van der Waals surface area contributed by atoms with Gasteiger partial charge in [-0.2, -0.15) is 5.26 Å². The molecule has 8 heteroatoms. The van der Waals surface area contributed by atoms with Crippen LogP contribution in [0, 0.1) is 17.1 Å². The Morgan fingerprint density at radius 3 is 3.00 bits per heavy atom. The summed E-state index contributed by atoms with van der Waals surface area (Å²) in [6.07, 6.45) is 0.518. The van der Waals surface area contributed by atoms with Crippen molar-refractivity contribution >= 4 is 11.6 Å². The molecule has 0 fully saturated rings. The Kier molecular flexibility index (Phi) is 2.72. The largest absolute Gasteiger partial charge is 0.420 e. The van der Waals surface area contributed by atoms with Crippen LogP contribution in [0.5, 0.6) is 5.88 Å². The van der Waals surface area contributed by atoms with E-state index in [1.165, 1.54) is 18.2 Å². The molecule has 1 atom stereocenters. The van der Waals surface area contributed by atoms with Gasteiger partial charge in [0, 0.05) is 16.9 Å². The molecule has 1 unspecified atom stereocenters. The highest BCUT2D eigenvalue weighted by Gasteiger charge is 2.58. The molecule has 0 aliphatic carbocycles. The maximum absolute atomic E-state index is 13.9. The predicted molar refractivity (Wildman–Crippen MR) is 81.2 cm³/mol. The van der Waals surface area contributed by atoms with Crippen LogP contribution in [-0.4, -0.2) is 16.1 Å². The Balaban J connectivity index is 2.17. The van der Waals surface area contributed by atoms with E-state index in [1.54, 1.807) is 0 Å². The molecule has 0 bridgehead atoms. The monoisotopic (exact) mass is 325 g/mol. The van der Waals surface area contributed by atoms with Gasteiger partial charge in [-0.1, -0.05) is 6.92 Å². The molecular weight excluding hydrogens is 313 g/mol. The molecule has 0 saturated heterocycles. The van der Waals surface area contributed by atoms with Crippen LogP contribution in [0.3, 0.4) is 0 Å². The SMILES string of the molecule is CCc1[nH]nc2c1C1(C(=O)Nc3ccc(F)cc31)C(C#N)=C(N)O2. The molecule has 4 N–H and O–H groups in total. The van der Waals surface area contributed by atoms with E-state index >= 15 is 0 Å². The lowest BCUT2D eigenvalue weighted by Crippen LogP contribution is -2.42. The van der Waals surface area contributed by atoms with Crippen LogP contribution in [0.15, 0.2) is 29.7 Å². The van der Waals surface area contributed by atoms with Gasteiger partial charge >= 0.3 is 0 Å². The first kappa shape index (κ1) is 14.3. The third kappa shape index (κ3) is 1.48. The van der Waals surface area contributed by atoms with Gasteiger partial charge in [-0.25, -0.2) is 4.39 Å². The van der Waals surface area contributed by atoms with E-state index in [4.69, 9.17) is 10.5 Å². The number of aromatic amines is 1. The maximum atomic E-state index is 13.9. The molecule has 24 heavy (non-hydrogen) atoms. The van der Waals surface area contributed by atoms with Gasteiger partial charge in [0.2, 0.25) is 17.7 Å². The van der Waals surface area contributed by atoms with Crippen molar-refractivity contribution in [3.8, 4) is 11.9 Å². The number of hydrogen-bond acceptors (Lipinski definition) is 5. The van der Waals surface area contributed by atoms with Gasteiger partial charge in [0.15, 0.2) is 0 Å². The van der Waals surface area contributed by atoms with Crippen molar-refractivity contribution in [1.29, 1.82) is 5.26 Å². The zero-order valence-corrected chi connectivity index (χ0v) is 12.6. The molecule has 1 aromatic heterocycles. The number of H-pyrrole nitrogens is 1. The summed E-state index contributed by atoms with van der Waals surface area (Å²) in [5.41, 5.74) is 6.01. The predicted octanol–water partition coefficient (Wildman–Crippen LogP) is 1.44. The van der Waals surface area contributed by atoms with Crippen molar-refractivity contribution in [3.05, 3.63) is 52.3 Å². The lowest BCUT2D eigenvalue weighted by Gasteiger charge is -2.31. The standard InChI is InChI=1S/C16H12FN5O2/c1-2-10-12-14(22-21-10)24-13(19)9(6-18)16(12)8-5-7(17)3-4-11(8)20-15(16)23/h3-5H,2,19H2,1H3,(H,20,23)(H,21,22). The van der Waals surface area contributed by atoms with E-state index in [9.17, 15) is 14.4 Å². The molecule has 0 radical (unpaired) electrons. The first-order chi connectivity index (χ1) is 11.5. The summed E-state index contributed by atoms with van der Waals surface area (Å²) >= 11 is 0. The topological polar surface area (TPSA) is 117 Å². The molecule has 120 valence electrons. The number of nitriles is 1. The minimum absolute atomic E-state index is 0.0760. The van der Waals surface area contributed by atoms with E-state index in [0.717, 1.165) is 0 Å². The second-order valence-electron chi connectivity index (χ2n) is 5.58. The molecule has 1 aromatic carbocycles. The number of anilines is 1. The van der Waals surface area contributed by atoms with Crippen LogP contribution in [0.4, 0.5) is 10.1 Å². The lowest BCUT2D eigenvalue weighted by atomic mass is 9.69. The lowest BCUT2D eigenvalue weighted by molar-refractivity contribution is -0.118. The van der Waals surface area contributed by atoms with Crippen molar-refractivity contribution in [2.45, 2.75) is 18.8 Å². The molecule has 7 nitrogen and oxygen atoms in total. The van der Waals surface area contributed by atoms with Crippen molar-refractivity contribution in [2.24, 2.45) is 5.73 Å². The molecule has 0 saturated carbocycles. The molecule has 2 aromatic rings. The number of ether oxygens (including phenoxy) is 1. The van der Waals surface area contributed by atoms with E-state index in [-0.39, 0.29) is 17.3 Å². The number of amides is 1. The van der Waals surface area contributed by atoms with Crippen molar-refractivity contribution in [1.82, 2.24) is 10.2 Å². The summed E-state index contributed by atoms with van der Waals surface area (Å²) in [7, 11) is 0. The fourth-order valence-corrected chi connectivity index (χ4v) is 3.45.